The zero-order valence-corrected chi connectivity index (χ0v) is 16.5. The van der Waals surface area contributed by atoms with Crippen molar-refractivity contribution in [2.24, 2.45) is 0 Å². The van der Waals surface area contributed by atoms with Gasteiger partial charge in [0.05, 0.1) is 32.7 Å². The van der Waals surface area contributed by atoms with E-state index in [0.29, 0.717) is 28.5 Å². The first-order valence-corrected chi connectivity index (χ1v) is 9.07. The van der Waals surface area contributed by atoms with Crippen LogP contribution in [0.4, 0.5) is 0 Å². The van der Waals surface area contributed by atoms with E-state index >= 15 is 0 Å². The van der Waals surface area contributed by atoms with Crippen LogP contribution in [0.2, 0.25) is 0 Å². The van der Waals surface area contributed by atoms with Crippen molar-refractivity contribution >= 4 is 17.9 Å². The third kappa shape index (κ3) is 5.26. The van der Waals surface area contributed by atoms with Crippen LogP contribution in [0.5, 0.6) is 11.5 Å². The Balaban J connectivity index is 1.79. The van der Waals surface area contributed by atoms with Gasteiger partial charge in [-0.15, -0.1) is 0 Å². The summed E-state index contributed by atoms with van der Waals surface area (Å²) in [6.45, 7) is 0.210. The average molecular weight is 407 g/mol. The minimum Gasteiger partial charge on any atom is -0.493 e. The van der Waals surface area contributed by atoms with Crippen molar-refractivity contribution in [3.63, 3.8) is 0 Å². The lowest BCUT2D eigenvalue weighted by Gasteiger charge is -2.12. The molecule has 0 fully saturated rings. The fourth-order valence-corrected chi connectivity index (χ4v) is 2.61. The number of furan rings is 1. The number of nitrogens with one attached hydrogen (secondary N) is 2. The lowest BCUT2D eigenvalue weighted by molar-refractivity contribution is -0.117. The molecule has 1 aromatic carbocycles. The van der Waals surface area contributed by atoms with Gasteiger partial charge in [-0.25, -0.2) is 0 Å². The number of carbonyl (C=O) groups excluding carboxylic acids is 2. The molecular formula is C22H21N3O5. The minimum absolute atomic E-state index is 0.0284. The molecule has 154 valence electrons. The predicted molar refractivity (Wildman–Crippen MR) is 110 cm³/mol. The van der Waals surface area contributed by atoms with Gasteiger partial charge in [-0.2, -0.15) is 0 Å². The molecule has 0 bridgehead atoms. The Hall–Kier alpha value is -4.07. The average Bonchev–Trinajstić information content (AvgIpc) is 3.30. The highest BCUT2D eigenvalue weighted by Gasteiger charge is 2.17. The molecule has 30 heavy (non-hydrogen) atoms. The highest BCUT2D eigenvalue weighted by atomic mass is 16.5. The van der Waals surface area contributed by atoms with E-state index in [1.54, 1.807) is 42.6 Å². The van der Waals surface area contributed by atoms with Crippen LogP contribution in [-0.4, -0.2) is 31.0 Å². The van der Waals surface area contributed by atoms with Crippen molar-refractivity contribution in [1.82, 2.24) is 15.6 Å². The molecule has 0 spiro atoms. The molecule has 8 heteroatoms. The summed E-state index contributed by atoms with van der Waals surface area (Å²) >= 11 is 0. The van der Waals surface area contributed by atoms with Crippen LogP contribution in [0.25, 0.3) is 6.08 Å². The van der Waals surface area contributed by atoms with Crippen molar-refractivity contribution in [2.75, 3.05) is 14.2 Å². The van der Waals surface area contributed by atoms with E-state index in [0.717, 1.165) is 0 Å². The summed E-state index contributed by atoms with van der Waals surface area (Å²) in [5, 5.41) is 5.37. The van der Waals surface area contributed by atoms with Crippen LogP contribution in [0.1, 0.15) is 21.8 Å². The summed E-state index contributed by atoms with van der Waals surface area (Å²) in [7, 11) is 2.99. The van der Waals surface area contributed by atoms with Crippen LogP contribution < -0.4 is 20.1 Å². The standard InChI is InChI=1S/C22H21N3O5/c1-28-19-9-8-15(12-20(19)29-2)21(26)25-18(13-17-7-5-11-30-17)22(27)24-14-16-6-3-4-10-23-16/h3-13H,14H2,1-2H3,(H,24,27)(H,25,26)/b18-13-. The van der Waals surface area contributed by atoms with E-state index in [1.807, 2.05) is 6.07 Å². The maximum atomic E-state index is 12.8. The summed E-state index contributed by atoms with van der Waals surface area (Å²) < 4.78 is 15.7. The number of aromatic nitrogens is 1. The number of ether oxygens (including phenoxy) is 2. The molecule has 8 nitrogen and oxygen atoms in total. The molecule has 0 aliphatic rings. The molecule has 0 radical (unpaired) electrons. The smallest absolute Gasteiger partial charge is 0.268 e. The number of benzene rings is 1. The second kappa shape index (κ2) is 9.92. The number of carbonyl (C=O) groups is 2. The molecule has 3 rings (SSSR count). The van der Waals surface area contributed by atoms with Gasteiger partial charge in [-0.1, -0.05) is 6.07 Å². The first-order valence-electron chi connectivity index (χ1n) is 9.07. The van der Waals surface area contributed by atoms with Crippen LogP contribution in [0.15, 0.2) is 71.1 Å². The number of nitrogens with zero attached hydrogens (tertiary/aromatic N) is 1. The predicted octanol–water partition coefficient (Wildman–Crippen LogP) is 2.78. The summed E-state index contributed by atoms with van der Waals surface area (Å²) in [5.41, 5.74) is 1.02. The maximum absolute atomic E-state index is 12.8. The normalized spacial score (nSPS) is 10.9. The molecule has 0 aliphatic carbocycles. The minimum atomic E-state index is -0.484. The second-order valence-corrected chi connectivity index (χ2v) is 6.10. The molecule has 0 atom stereocenters. The fourth-order valence-electron chi connectivity index (χ4n) is 2.61. The summed E-state index contributed by atoms with van der Waals surface area (Å²) in [4.78, 5) is 29.6. The lowest BCUT2D eigenvalue weighted by atomic mass is 10.1. The largest absolute Gasteiger partial charge is 0.493 e. The Morgan fingerprint density at radius 3 is 2.57 bits per heavy atom. The number of hydrogen-bond acceptors (Lipinski definition) is 6. The van der Waals surface area contributed by atoms with Crippen molar-refractivity contribution in [3.05, 3.63) is 83.7 Å². The molecule has 0 saturated carbocycles. The zero-order valence-electron chi connectivity index (χ0n) is 16.5. The second-order valence-electron chi connectivity index (χ2n) is 6.10. The van der Waals surface area contributed by atoms with Gasteiger partial charge in [0.25, 0.3) is 11.8 Å². The van der Waals surface area contributed by atoms with Crippen LogP contribution in [-0.2, 0) is 11.3 Å². The van der Waals surface area contributed by atoms with E-state index in [-0.39, 0.29) is 12.2 Å². The van der Waals surface area contributed by atoms with Gasteiger partial charge in [-0.05, 0) is 42.5 Å². The quantitative estimate of drug-likeness (QED) is 0.557. The summed E-state index contributed by atoms with van der Waals surface area (Å²) in [6, 6.07) is 13.5. The number of hydrogen-bond donors (Lipinski definition) is 2. The van der Waals surface area contributed by atoms with E-state index < -0.39 is 11.8 Å². The maximum Gasteiger partial charge on any atom is 0.268 e. The number of amides is 2. The van der Waals surface area contributed by atoms with Crippen molar-refractivity contribution in [3.8, 4) is 11.5 Å². The molecule has 2 amide bonds. The van der Waals surface area contributed by atoms with Crippen molar-refractivity contribution in [1.29, 1.82) is 0 Å². The van der Waals surface area contributed by atoms with Gasteiger partial charge in [0.1, 0.15) is 11.5 Å². The van der Waals surface area contributed by atoms with Gasteiger partial charge in [0, 0.05) is 17.8 Å². The highest BCUT2D eigenvalue weighted by Crippen LogP contribution is 2.27. The van der Waals surface area contributed by atoms with Crippen LogP contribution >= 0.6 is 0 Å². The van der Waals surface area contributed by atoms with Crippen LogP contribution in [0, 0.1) is 0 Å². The first-order chi connectivity index (χ1) is 14.6. The SMILES string of the molecule is COc1ccc(C(=O)N/C(=C\c2ccco2)C(=O)NCc2ccccn2)cc1OC. The highest BCUT2D eigenvalue weighted by molar-refractivity contribution is 6.05. The Kier molecular flexibility index (Phi) is 6.83. The van der Waals surface area contributed by atoms with Gasteiger partial charge < -0.3 is 24.5 Å². The topological polar surface area (TPSA) is 103 Å². The third-order valence-corrected chi connectivity index (χ3v) is 4.12. The number of rotatable bonds is 8. The van der Waals surface area contributed by atoms with E-state index in [2.05, 4.69) is 15.6 Å². The number of methoxy groups -OCH3 is 2. The van der Waals surface area contributed by atoms with Crippen molar-refractivity contribution in [2.45, 2.75) is 6.54 Å². The molecule has 2 N–H and O–H groups in total. The molecule has 0 saturated heterocycles. The fraction of sp³-hybridized carbons (Fsp3) is 0.136. The lowest BCUT2D eigenvalue weighted by Crippen LogP contribution is -2.34. The van der Waals surface area contributed by atoms with Gasteiger partial charge >= 0.3 is 0 Å². The molecule has 0 aliphatic heterocycles. The van der Waals surface area contributed by atoms with Gasteiger partial charge in [-0.3, -0.25) is 14.6 Å². The Labute approximate surface area is 173 Å². The van der Waals surface area contributed by atoms with Crippen molar-refractivity contribution < 1.29 is 23.5 Å². The van der Waals surface area contributed by atoms with E-state index in [9.17, 15) is 9.59 Å². The molecule has 0 unspecified atom stereocenters. The molecule has 2 heterocycles. The van der Waals surface area contributed by atoms with E-state index in [1.165, 1.54) is 32.6 Å². The molecule has 3 aromatic rings. The zero-order chi connectivity index (χ0) is 21.3. The summed E-state index contributed by atoms with van der Waals surface area (Å²) in [5.74, 6) is 0.355. The Morgan fingerprint density at radius 1 is 1.07 bits per heavy atom. The van der Waals surface area contributed by atoms with Crippen LogP contribution in [0.3, 0.4) is 0 Å². The third-order valence-electron chi connectivity index (χ3n) is 4.12. The summed E-state index contributed by atoms with van der Waals surface area (Å²) in [6.07, 6.45) is 4.57. The molecular weight excluding hydrogens is 386 g/mol. The molecule has 2 aromatic heterocycles. The Morgan fingerprint density at radius 2 is 1.90 bits per heavy atom. The number of pyridine rings is 1. The Bertz CT molecular complexity index is 1030. The van der Waals surface area contributed by atoms with Gasteiger partial charge in [0.2, 0.25) is 0 Å². The monoisotopic (exact) mass is 407 g/mol. The van der Waals surface area contributed by atoms with E-state index in [4.69, 9.17) is 13.9 Å². The first kappa shape index (κ1) is 20.7. The van der Waals surface area contributed by atoms with Gasteiger partial charge in [0.15, 0.2) is 11.5 Å².